The van der Waals surface area contributed by atoms with Crippen molar-refractivity contribution in [1.29, 1.82) is 0 Å². The average molecular weight is 558 g/mol. The predicted octanol–water partition coefficient (Wildman–Crippen LogP) is 4.86. The Morgan fingerprint density at radius 1 is 1.05 bits per heavy atom. The number of nitrogens with one attached hydrogen (secondary N) is 1. The Morgan fingerprint density at radius 3 is 2.37 bits per heavy atom. The molecule has 38 heavy (non-hydrogen) atoms. The first-order chi connectivity index (χ1) is 18.1. The Labute approximate surface area is 227 Å². The Hall–Kier alpha value is -3.57. The van der Waals surface area contributed by atoms with E-state index in [1.54, 1.807) is 23.9 Å². The number of benzene rings is 3. The molecule has 0 saturated heterocycles. The van der Waals surface area contributed by atoms with Gasteiger partial charge in [0.05, 0.1) is 22.6 Å². The standard InChI is InChI=1S/C27H31N3O6S2/c1-20-5-8-22(9-6-20)19-37-16-4-15-28-27(31)18-29(23-10-12-24(36-3)13-11-23)38(34,35)25-14-7-21(2)26(17-25)30(32)33/h5-14,17H,4,15-16,18-19H2,1-3H3,(H,28,31). The third-order valence-electron chi connectivity index (χ3n) is 5.79. The summed E-state index contributed by atoms with van der Waals surface area (Å²) in [5, 5.41) is 14.2. The van der Waals surface area contributed by atoms with Gasteiger partial charge in [0.25, 0.3) is 15.7 Å². The maximum atomic E-state index is 13.6. The van der Waals surface area contributed by atoms with Crippen LogP contribution in [0, 0.1) is 24.0 Å². The maximum Gasteiger partial charge on any atom is 0.273 e. The average Bonchev–Trinajstić information content (AvgIpc) is 2.90. The predicted molar refractivity (Wildman–Crippen MR) is 150 cm³/mol. The van der Waals surface area contributed by atoms with E-state index in [4.69, 9.17) is 4.74 Å². The summed E-state index contributed by atoms with van der Waals surface area (Å²) in [6.45, 7) is 3.49. The van der Waals surface area contributed by atoms with Crippen LogP contribution in [-0.4, -0.2) is 45.2 Å². The fourth-order valence-electron chi connectivity index (χ4n) is 3.60. The molecule has 0 aliphatic heterocycles. The Balaban J connectivity index is 1.68. The van der Waals surface area contributed by atoms with Gasteiger partial charge in [0, 0.05) is 23.9 Å². The van der Waals surface area contributed by atoms with Crippen molar-refractivity contribution >= 4 is 39.1 Å². The number of ether oxygens (including phenoxy) is 1. The van der Waals surface area contributed by atoms with Gasteiger partial charge < -0.3 is 10.1 Å². The fraction of sp³-hybridized carbons (Fsp3) is 0.296. The Morgan fingerprint density at radius 2 is 1.74 bits per heavy atom. The Bertz CT molecular complexity index is 1360. The molecule has 0 heterocycles. The number of methoxy groups -OCH3 is 1. The van der Waals surface area contributed by atoms with Crippen molar-refractivity contribution in [1.82, 2.24) is 5.32 Å². The summed E-state index contributed by atoms with van der Waals surface area (Å²) in [6, 6.07) is 18.3. The van der Waals surface area contributed by atoms with Gasteiger partial charge in [-0.25, -0.2) is 8.42 Å². The van der Waals surface area contributed by atoms with Crippen LogP contribution < -0.4 is 14.4 Å². The van der Waals surface area contributed by atoms with Gasteiger partial charge in [-0.1, -0.05) is 35.9 Å². The SMILES string of the molecule is COc1ccc(N(CC(=O)NCCCSCc2ccc(C)cc2)S(=O)(=O)c2ccc(C)c([N+](=O)[O-])c2)cc1. The number of amides is 1. The summed E-state index contributed by atoms with van der Waals surface area (Å²) in [4.78, 5) is 23.3. The lowest BCUT2D eigenvalue weighted by atomic mass is 10.2. The number of aryl methyl sites for hydroxylation is 2. The number of thioether (sulfide) groups is 1. The van der Waals surface area contributed by atoms with Gasteiger partial charge in [0.1, 0.15) is 12.3 Å². The van der Waals surface area contributed by atoms with Crippen molar-refractivity contribution in [2.45, 2.75) is 30.9 Å². The largest absolute Gasteiger partial charge is 0.497 e. The molecule has 0 fully saturated rings. The molecule has 0 spiro atoms. The second-order valence-electron chi connectivity index (χ2n) is 8.66. The lowest BCUT2D eigenvalue weighted by molar-refractivity contribution is -0.385. The van der Waals surface area contributed by atoms with E-state index >= 15 is 0 Å². The van der Waals surface area contributed by atoms with Crippen LogP contribution >= 0.6 is 11.8 Å². The number of hydrogen-bond donors (Lipinski definition) is 1. The molecule has 1 amide bonds. The maximum absolute atomic E-state index is 13.6. The van der Waals surface area contributed by atoms with Gasteiger partial charge in [-0.3, -0.25) is 19.2 Å². The number of carbonyl (C=O) groups excluding carboxylic acids is 1. The number of sulfonamides is 1. The molecule has 0 aliphatic carbocycles. The number of nitro groups is 1. The highest BCUT2D eigenvalue weighted by molar-refractivity contribution is 7.98. The molecule has 0 unspecified atom stereocenters. The first-order valence-corrected chi connectivity index (χ1v) is 14.5. The van der Waals surface area contributed by atoms with E-state index in [9.17, 15) is 23.3 Å². The minimum absolute atomic E-state index is 0.234. The number of hydrogen-bond acceptors (Lipinski definition) is 7. The lowest BCUT2D eigenvalue weighted by Crippen LogP contribution is -2.41. The molecule has 1 N–H and O–H groups in total. The van der Waals surface area contributed by atoms with Gasteiger partial charge in [0.15, 0.2) is 0 Å². The molecular formula is C27H31N3O6S2. The summed E-state index contributed by atoms with van der Waals surface area (Å²) in [5.41, 5.74) is 2.71. The van der Waals surface area contributed by atoms with E-state index < -0.39 is 27.4 Å². The van der Waals surface area contributed by atoms with Gasteiger partial charge in [0.2, 0.25) is 5.91 Å². The molecule has 3 rings (SSSR count). The fourth-order valence-corrected chi connectivity index (χ4v) is 5.96. The molecule has 3 aromatic carbocycles. The number of anilines is 1. The zero-order valence-electron chi connectivity index (χ0n) is 21.5. The van der Waals surface area contributed by atoms with Gasteiger partial charge in [-0.15, -0.1) is 0 Å². The molecule has 0 atom stereocenters. The molecule has 0 radical (unpaired) electrons. The zero-order valence-corrected chi connectivity index (χ0v) is 23.2. The van der Waals surface area contributed by atoms with E-state index in [1.807, 2.05) is 6.92 Å². The molecule has 3 aromatic rings. The smallest absolute Gasteiger partial charge is 0.273 e. The molecule has 9 nitrogen and oxygen atoms in total. The van der Waals surface area contributed by atoms with E-state index in [0.29, 0.717) is 17.9 Å². The normalized spacial score (nSPS) is 11.1. The van der Waals surface area contributed by atoms with Crippen molar-refractivity contribution in [3.63, 3.8) is 0 Å². The highest BCUT2D eigenvalue weighted by Gasteiger charge is 2.29. The quantitative estimate of drug-likeness (QED) is 0.181. The molecule has 11 heteroatoms. The second-order valence-corrected chi connectivity index (χ2v) is 11.6. The van der Waals surface area contributed by atoms with Gasteiger partial charge >= 0.3 is 0 Å². The number of rotatable bonds is 13. The summed E-state index contributed by atoms with van der Waals surface area (Å²) >= 11 is 1.76. The first kappa shape index (κ1) is 29.0. The van der Waals surface area contributed by atoms with Crippen molar-refractivity contribution in [2.24, 2.45) is 0 Å². The van der Waals surface area contributed by atoms with Crippen molar-refractivity contribution in [2.75, 3.05) is 30.3 Å². The van der Waals surface area contributed by atoms with Gasteiger partial charge in [-0.05, 0) is 61.9 Å². The van der Waals surface area contributed by atoms with Crippen LogP contribution in [0.25, 0.3) is 0 Å². The van der Waals surface area contributed by atoms with E-state index in [0.717, 1.165) is 28.3 Å². The zero-order chi connectivity index (χ0) is 27.7. The van der Waals surface area contributed by atoms with Crippen LogP contribution in [-0.2, 0) is 20.6 Å². The molecular weight excluding hydrogens is 526 g/mol. The number of nitrogens with zero attached hydrogens (tertiary/aromatic N) is 2. The van der Waals surface area contributed by atoms with Crippen molar-refractivity contribution < 1.29 is 22.9 Å². The highest BCUT2D eigenvalue weighted by atomic mass is 32.2. The summed E-state index contributed by atoms with van der Waals surface area (Å²) in [7, 11) is -2.80. The summed E-state index contributed by atoms with van der Waals surface area (Å²) < 4.78 is 33.2. The van der Waals surface area contributed by atoms with Crippen LogP contribution in [0.3, 0.4) is 0 Å². The van der Waals surface area contributed by atoms with Crippen molar-refractivity contribution in [3.05, 3.63) is 93.5 Å². The minimum Gasteiger partial charge on any atom is -0.497 e. The minimum atomic E-state index is -4.29. The molecule has 202 valence electrons. The molecule has 0 aliphatic rings. The van der Waals surface area contributed by atoms with Crippen molar-refractivity contribution in [3.8, 4) is 5.75 Å². The van der Waals surface area contributed by atoms with Crippen LogP contribution in [0.2, 0.25) is 0 Å². The van der Waals surface area contributed by atoms with E-state index in [2.05, 4.69) is 29.6 Å². The highest BCUT2D eigenvalue weighted by Crippen LogP contribution is 2.29. The third kappa shape index (κ3) is 7.72. The number of nitro benzene ring substituents is 1. The first-order valence-electron chi connectivity index (χ1n) is 11.9. The molecule has 0 aromatic heterocycles. The third-order valence-corrected chi connectivity index (χ3v) is 8.67. The van der Waals surface area contributed by atoms with E-state index in [1.165, 1.54) is 49.4 Å². The summed E-state index contributed by atoms with van der Waals surface area (Å²) in [5.74, 6) is 1.75. The number of carbonyl (C=O) groups is 1. The summed E-state index contributed by atoms with van der Waals surface area (Å²) in [6.07, 6.45) is 0.724. The molecule has 0 saturated carbocycles. The van der Waals surface area contributed by atoms with Gasteiger partial charge in [-0.2, -0.15) is 11.8 Å². The van der Waals surface area contributed by atoms with Crippen LogP contribution in [0.5, 0.6) is 5.75 Å². The van der Waals surface area contributed by atoms with E-state index in [-0.39, 0.29) is 16.3 Å². The van der Waals surface area contributed by atoms with Crippen LogP contribution in [0.1, 0.15) is 23.1 Å². The second kappa shape index (κ2) is 13.3. The Kier molecular flexibility index (Phi) is 10.1. The topological polar surface area (TPSA) is 119 Å². The van der Waals surface area contributed by atoms with Crippen LogP contribution in [0.4, 0.5) is 11.4 Å². The molecule has 0 bridgehead atoms. The lowest BCUT2D eigenvalue weighted by Gasteiger charge is -2.24. The monoisotopic (exact) mass is 557 g/mol. The van der Waals surface area contributed by atoms with Crippen LogP contribution in [0.15, 0.2) is 71.6 Å².